The number of aromatic nitrogens is 2. The number of aliphatic imine (C=N–C) groups is 1. The summed E-state index contributed by atoms with van der Waals surface area (Å²) in [5, 5.41) is 3.54. The molecule has 1 saturated carbocycles. The Morgan fingerprint density at radius 3 is 2.70 bits per heavy atom. The van der Waals surface area contributed by atoms with Gasteiger partial charge in [-0.15, -0.1) is 0 Å². The van der Waals surface area contributed by atoms with Crippen LogP contribution in [0.1, 0.15) is 19.8 Å². The minimum atomic E-state index is 0.499. The average Bonchev–Trinajstić information content (AvgIpc) is 3.54. The zero-order valence-electron chi connectivity index (χ0n) is 16.7. The highest BCUT2D eigenvalue weighted by molar-refractivity contribution is 9.10. The first-order valence-corrected chi connectivity index (χ1v) is 10.3. The number of likely N-dealkylation sites (N-methyl/N-ethyl adjacent to an activating group) is 1. The fourth-order valence-electron chi connectivity index (χ4n) is 3.31. The molecule has 8 nitrogen and oxygen atoms in total. The van der Waals surface area contributed by atoms with Crippen molar-refractivity contribution in [1.29, 1.82) is 0 Å². The normalized spacial score (nSPS) is 19.4. The molecule has 1 aliphatic heterocycles. The van der Waals surface area contributed by atoms with Gasteiger partial charge in [-0.2, -0.15) is 4.98 Å². The van der Waals surface area contributed by atoms with Crippen molar-refractivity contribution < 1.29 is 4.74 Å². The molecule has 2 fully saturated rings. The molecular weight excluding hydrogens is 410 g/mol. The largest absolute Gasteiger partial charge is 0.480 e. The van der Waals surface area contributed by atoms with Crippen LogP contribution in [0.25, 0.3) is 0 Å². The Kier molecular flexibility index (Phi) is 6.75. The highest BCUT2D eigenvalue weighted by atomic mass is 79.9. The van der Waals surface area contributed by atoms with Gasteiger partial charge in [-0.3, -0.25) is 9.89 Å². The van der Waals surface area contributed by atoms with Crippen LogP contribution in [0.15, 0.2) is 15.7 Å². The van der Waals surface area contributed by atoms with E-state index in [-0.39, 0.29) is 0 Å². The number of halogens is 1. The third-order valence-electron chi connectivity index (χ3n) is 5.34. The standard InChI is InChI=1S/C18H30BrN7O/c1-13(24(3)14-5-6-14)11-21-17(20-2)25-7-9-26(10-8-25)18-22-12-15(19)16(23-18)27-4/h12-14H,5-11H2,1-4H3,(H,20,21). The Morgan fingerprint density at radius 2 is 2.11 bits per heavy atom. The summed E-state index contributed by atoms with van der Waals surface area (Å²) in [6.07, 6.45) is 4.41. The molecule has 1 aromatic rings. The van der Waals surface area contributed by atoms with Gasteiger partial charge in [0.15, 0.2) is 5.96 Å². The maximum Gasteiger partial charge on any atom is 0.232 e. The van der Waals surface area contributed by atoms with Gasteiger partial charge in [0.2, 0.25) is 11.8 Å². The van der Waals surface area contributed by atoms with Crippen LogP contribution < -0.4 is 15.0 Å². The SMILES string of the molecule is CN=C(NCC(C)N(C)C1CC1)N1CCN(c2ncc(Br)c(OC)n2)CC1. The van der Waals surface area contributed by atoms with Crippen LogP contribution in [0, 0.1) is 0 Å². The number of hydrogen-bond acceptors (Lipinski definition) is 6. The van der Waals surface area contributed by atoms with E-state index >= 15 is 0 Å². The minimum absolute atomic E-state index is 0.499. The van der Waals surface area contributed by atoms with Crippen molar-refractivity contribution in [1.82, 2.24) is 25.1 Å². The van der Waals surface area contributed by atoms with E-state index in [0.29, 0.717) is 17.9 Å². The summed E-state index contributed by atoms with van der Waals surface area (Å²) in [4.78, 5) is 20.3. The molecule has 1 unspecified atom stereocenters. The second-order valence-corrected chi connectivity index (χ2v) is 8.03. The number of hydrogen-bond donors (Lipinski definition) is 1. The van der Waals surface area contributed by atoms with Crippen LogP contribution in [0.3, 0.4) is 0 Å². The molecule has 0 spiro atoms. The Balaban J connectivity index is 1.51. The minimum Gasteiger partial charge on any atom is -0.480 e. The lowest BCUT2D eigenvalue weighted by Gasteiger charge is -2.37. The average molecular weight is 440 g/mol. The van der Waals surface area contributed by atoms with E-state index in [4.69, 9.17) is 4.74 Å². The maximum absolute atomic E-state index is 5.28. The second-order valence-electron chi connectivity index (χ2n) is 7.18. The number of rotatable bonds is 6. The zero-order chi connectivity index (χ0) is 19.4. The van der Waals surface area contributed by atoms with Gasteiger partial charge >= 0.3 is 0 Å². The van der Waals surface area contributed by atoms with Crippen molar-refractivity contribution in [3.63, 3.8) is 0 Å². The molecule has 2 aliphatic rings. The van der Waals surface area contributed by atoms with Crippen molar-refractivity contribution in [2.24, 2.45) is 4.99 Å². The van der Waals surface area contributed by atoms with Crippen molar-refractivity contribution in [3.05, 3.63) is 10.7 Å². The van der Waals surface area contributed by atoms with Gasteiger partial charge in [-0.05, 0) is 42.7 Å². The third-order valence-corrected chi connectivity index (χ3v) is 5.88. The van der Waals surface area contributed by atoms with Gasteiger partial charge < -0.3 is 19.9 Å². The number of anilines is 1. The second kappa shape index (κ2) is 9.05. The lowest BCUT2D eigenvalue weighted by atomic mass is 10.3. The number of ether oxygens (including phenoxy) is 1. The Morgan fingerprint density at radius 1 is 1.41 bits per heavy atom. The van der Waals surface area contributed by atoms with Gasteiger partial charge in [0.1, 0.15) is 0 Å². The molecule has 0 amide bonds. The fraction of sp³-hybridized carbons (Fsp3) is 0.722. The third kappa shape index (κ3) is 5.01. The van der Waals surface area contributed by atoms with Gasteiger partial charge in [0.05, 0.1) is 17.8 Å². The summed E-state index contributed by atoms with van der Waals surface area (Å²) in [6, 6.07) is 1.27. The first kappa shape index (κ1) is 20.1. The van der Waals surface area contributed by atoms with Crippen LogP contribution in [0.5, 0.6) is 5.88 Å². The lowest BCUT2D eigenvalue weighted by Crippen LogP contribution is -2.54. The molecule has 1 aliphatic carbocycles. The summed E-state index contributed by atoms with van der Waals surface area (Å²) >= 11 is 3.40. The molecule has 9 heteroatoms. The summed E-state index contributed by atoms with van der Waals surface area (Å²) < 4.78 is 6.05. The summed E-state index contributed by atoms with van der Waals surface area (Å²) in [5.41, 5.74) is 0. The summed E-state index contributed by atoms with van der Waals surface area (Å²) in [5.74, 6) is 2.24. The first-order valence-electron chi connectivity index (χ1n) is 9.52. The molecule has 27 heavy (non-hydrogen) atoms. The van der Waals surface area contributed by atoms with E-state index in [1.54, 1.807) is 13.3 Å². The monoisotopic (exact) mass is 439 g/mol. The molecule has 1 N–H and O–H groups in total. The molecule has 0 aromatic carbocycles. The van der Waals surface area contributed by atoms with Crippen LogP contribution in [-0.4, -0.2) is 91.7 Å². The lowest BCUT2D eigenvalue weighted by molar-refractivity contribution is 0.245. The van der Waals surface area contributed by atoms with Crippen molar-refractivity contribution in [2.45, 2.75) is 31.8 Å². The number of methoxy groups -OCH3 is 1. The van der Waals surface area contributed by atoms with Crippen LogP contribution in [0.4, 0.5) is 5.95 Å². The highest BCUT2D eigenvalue weighted by Crippen LogP contribution is 2.27. The molecule has 0 bridgehead atoms. The fourth-order valence-corrected chi connectivity index (χ4v) is 3.67. The van der Waals surface area contributed by atoms with E-state index < -0.39 is 0 Å². The quantitative estimate of drug-likeness (QED) is 0.530. The van der Waals surface area contributed by atoms with E-state index in [1.807, 2.05) is 7.05 Å². The Bertz CT molecular complexity index is 659. The van der Waals surface area contributed by atoms with Gasteiger partial charge in [-0.1, -0.05) is 0 Å². The molecule has 3 rings (SSSR count). The van der Waals surface area contributed by atoms with Crippen molar-refractivity contribution in [3.8, 4) is 5.88 Å². The molecule has 1 atom stereocenters. The topological polar surface area (TPSA) is 69.1 Å². The number of piperazine rings is 1. The van der Waals surface area contributed by atoms with Gasteiger partial charge in [0, 0.05) is 51.9 Å². The smallest absolute Gasteiger partial charge is 0.232 e. The predicted molar refractivity (Wildman–Crippen MR) is 112 cm³/mol. The van der Waals surface area contributed by atoms with Crippen LogP contribution >= 0.6 is 15.9 Å². The molecule has 1 aromatic heterocycles. The number of nitrogens with one attached hydrogen (secondary N) is 1. The predicted octanol–water partition coefficient (Wildman–Crippen LogP) is 1.43. The van der Waals surface area contributed by atoms with Gasteiger partial charge in [0.25, 0.3) is 0 Å². The van der Waals surface area contributed by atoms with E-state index in [1.165, 1.54) is 12.8 Å². The molecule has 2 heterocycles. The van der Waals surface area contributed by atoms with Gasteiger partial charge in [-0.25, -0.2) is 4.98 Å². The molecule has 150 valence electrons. The van der Waals surface area contributed by atoms with Crippen LogP contribution in [-0.2, 0) is 0 Å². The molecule has 1 saturated heterocycles. The molecule has 0 radical (unpaired) electrons. The maximum atomic E-state index is 5.28. The zero-order valence-corrected chi connectivity index (χ0v) is 18.2. The highest BCUT2D eigenvalue weighted by Gasteiger charge is 2.29. The van der Waals surface area contributed by atoms with E-state index in [9.17, 15) is 0 Å². The number of nitrogens with zero attached hydrogens (tertiary/aromatic N) is 6. The van der Waals surface area contributed by atoms with E-state index in [2.05, 4.69) is 64.9 Å². The van der Waals surface area contributed by atoms with Crippen molar-refractivity contribution in [2.75, 3.05) is 58.8 Å². The van der Waals surface area contributed by atoms with Crippen molar-refractivity contribution >= 4 is 27.8 Å². The Labute approximate surface area is 170 Å². The first-order chi connectivity index (χ1) is 13.0. The number of guanidine groups is 1. The summed E-state index contributed by atoms with van der Waals surface area (Å²) in [6.45, 7) is 6.65. The summed E-state index contributed by atoms with van der Waals surface area (Å²) in [7, 11) is 5.69. The van der Waals surface area contributed by atoms with Crippen LogP contribution in [0.2, 0.25) is 0 Å². The molecular formula is C18H30BrN7O. The Hall–Kier alpha value is -1.61. The van der Waals surface area contributed by atoms with E-state index in [0.717, 1.165) is 49.2 Å².